The molecule has 2 saturated carbocycles. The zero-order valence-electron chi connectivity index (χ0n) is 8.81. The molecule has 1 amide bonds. The second-order valence-corrected chi connectivity index (χ2v) is 5.80. The number of rotatable bonds is 3. The predicted octanol–water partition coefficient (Wildman–Crippen LogP) is 2.09. The third kappa shape index (κ3) is 2.04. The van der Waals surface area contributed by atoms with Gasteiger partial charge in [-0.3, -0.25) is 4.79 Å². The molecule has 0 heterocycles. The number of carbonyl (C=O) groups is 1. The van der Waals surface area contributed by atoms with Gasteiger partial charge in [-0.25, -0.2) is 0 Å². The van der Waals surface area contributed by atoms with Crippen LogP contribution in [-0.2, 0) is 4.79 Å². The maximum atomic E-state index is 11.5. The summed E-state index contributed by atoms with van der Waals surface area (Å²) in [6, 6.07) is 0.447. The first kappa shape index (κ1) is 9.04. The summed E-state index contributed by atoms with van der Waals surface area (Å²) in [6.07, 6.45) is 4.35. The van der Waals surface area contributed by atoms with Gasteiger partial charge in [0.2, 0.25) is 5.91 Å². The molecule has 74 valence electrons. The molecule has 1 unspecified atom stereocenters. The molecule has 2 rings (SSSR count). The highest BCUT2D eigenvalue weighted by Gasteiger charge is 2.47. The second-order valence-electron chi connectivity index (χ2n) is 5.80. The fourth-order valence-corrected chi connectivity index (χ4v) is 1.74. The fourth-order valence-electron chi connectivity index (χ4n) is 1.74. The van der Waals surface area contributed by atoms with Crippen LogP contribution < -0.4 is 5.32 Å². The Kier molecular flexibility index (Phi) is 1.73. The Morgan fingerprint density at radius 1 is 1.38 bits per heavy atom. The molecule has 2 heteroatoms. The van der Waals surface area contributed by atoms with Crippen LogP contribution in [0.2, 0.25) is 0 Å². The lowest BCUT2D eigenvalue weighted by Crippen LogP contribution is -2.29. The Bertz CT molecular complexity index is 240. The maximum absolute atomic E-state index is 11.5. The SMILES string of the molecule is CC1(CC(=O)NC2CC2(C)C)CC1. The average Bonchev–Trinajstić information content (AvgIpc) is 2.77. The molecule has 0 aromatic heterocycles. The van der Waals surface area contributed by atoms with Gasteiger partial charge in [0.25, 0.3) is 0 Å². The zero-order valence-corrected chi connectivity index (χ0v) is 8.81. The Hall–Kier alpha value is -0.530. The van der Waals surface area contributed by atoms with Crippen LogP contribution in [-0.4, -0.2) is 11.9 Å². The van der Waals surface area contributed by atoms with Gasteiger partial charge in [-0.05, 0) is 30.1 Å². The van der Waals surface area contributed by atoms with E-state index in [4.69, 9.17) is 0 Å². The van der Waals surface area contributed by atoms with Crippen molar-refractivity contribution in [3.8, 4) is 0 Å². The minimum absolute atomic E-state index is 0.260. The Morgan fingerprint density at radius 3 is 2.31 bits per heavy atom. The minimum Gasteiger partial charge on any atom is -0.353 e. The predicted molar refractivity (Wildman–Crippen MR) is 52.3 cm³/mol. The van der Waals surface area contributed by atoms with Gasteiger partial charge in [-0.2, -0.15) is 0 Å². The van der Waals surface area contributed by atoms with Crippen molar-refractivity contribution >= 4 is 5.91 Å². The lowest BCUT2D eigenvalue weighted by atomic mass is 10.1. The quantitative estimate of drug-likeness (QED) is 0.709. The van der Waals surface area contributed by atoms with Crippen LogP contribution in [0.1, 0.15) is 46.5 Å². The summed E-state index contributed by atoms with van der Waals surface area (Å²) in [5, 5.41) is 3.10. The molecule has 0 aliphatic heterocycles. The summed E-state index contributed by atoms with van der Waals surface area (Å²) in [7, 11) is 0. The van der Waals surface area contributed by atoms with Gasteiger partial charge in [0.15, 0.2) is 0 Å². The first-order valence-electron chi connectivity index (χ1n) is 5.21. The number of hydrogen-bond acceptors (Lipinski definition) is 1. The molecule has 1 N–H and O–H groups in total. The average molecular weight is 181 g/mol. The lowest BCUT2D eigenvalue weighted by Gasteiger charge is -2.09. The summed E-state index contributed by atoms with van der Waals surface area (Å²) in [5.74, 6) is 0.260. The summed E-state index contributed by atoms with van der Waals surface area (Å²) in [4.78, 5) is 11.5. The number of amides is 1. The van der Waals surface area contributed by atoms with E-state index in [9.17, 15) is 4.79 Å². The molecular weight excluding hydrogens is 162 g/mol. The van der Waals surface area contributed by atoms with E-state index in [2.05, 4.69) is 26.1 Å². The van der Waals surface area contributed by atoms with Crippen molar-refractivity contribution in [1.29, 1.82) is 0 Å². The third-order valence-electron chi connectivity index (χ3n) is 3.54. The van der Waals surface area contributed by atoms with E-state index in [1.807, 2.05) is 0 Å². The number of carbonyl (C=O) groups excluding carboxylic acids is 1. The van der Waals surface area contributed by atoms with Gasteiger partial charge in [0.05, 0.1) is 0 Å². The number of hydrogen-bond donors (Lipinski definition) is 1. The summed E-state index contributed by atoms with van der Waals surface area (Å²) in [6.45, 7) is 6.61. The number of nitrogens with one attached hydrogen (secondary N) is 1. The smallest absolute Gasteiger partial charge is 0.220 e. The van der Waals surface area contributed by atoms with Crippen LogP contribution in [0.25, 0.3) is 0 Å². The molecular formula is C11H19NO. The van der Waals surface area contributed by atoms with Gasteiger partial charge in [-0.1, -0.05) is 20.8 Å². The summed E-state index contributed by atoms with van der Waals surface area (Å²) < 4.78 is 0. The van der Waals surface area contributed by atoms with Crippen LogP contribution >= 0.6 is 0 Å². The first-order valence-corrected chi connectivity index (χ1v) is 5.21. The molecule has 0 saturated heterocycles. The van der Waals surface area contributed by atoms with Crippen molar-refractivity contribution in [2.45, 2.75) is 52.5 Å². The van der Waals surface area contributed by atoms with E-state index in [1.165, 1.54) is 12.8 Å². The molecule has 2 aliphatic carbocycles. The molecule has 2 fully saturated rings. The van der Waals surface area contributed by atoms with Crippen molar-refractivity contribution in [1.82, 2.24) is 5.32 Å². The van der Waals surface area contributed by atoms with Crippen LogP contribution in [0, 0.1) is 10.8 Å². The highest BCUT2D eigenvalue weighted by Crippen LogP contribution is 2.49. The highest BCUT2D eigenvalue weighted by molar-refractivity contribution is 5.77. The van der Waals surface area contributed by atoms with Gasteiger partial charge in [0, 0.05) is 12.5 Å². The Morgan fingerprint density at radius 2 is 1.92 bits per heavy atom. The molecule has 0 bridgehead atoms. The fraction of sp³-hybridized carbons (Fsp3) is 0.909. The molecule has 13 heavy (non-hydrogen) atoms. The van der Waals surface area contributed by atoms with Gasteiger partial charge in [0.1, 0.15) is 0 Å². The van der Waals surface area contributed by atoms with Crippen molar-refractivity contribution in [2.24, 2.45) is 10.8 Å². The maximum Gasteiger partial charge on any atom is 0.220 e. The van der Waals surface area contributed by atoms with Crippen LogP contribution in [0.4, 0.5) is 0 Å². The van der Waals surface area contributed by atoms with Gasteiger partial charge in [-0.15, -0.1) is 0 Å². The molecule has 2 aliphatic rings. The normalized spacial score (nSPS) is 32.4. The van der Waals surface area contributed by atoms with Crippen LogP contribution in [0.5, 0.6) is 0 Å². The molecule has 2 nitrogen and oxygen atoms in total. The third-order valence-corrected chi connectivity index (χ3v) is 3.54. The van der Waals surface area contributed by atoms with Crippen molar-refractivity contribution in [3.63, 3.8) is 0 Å². The monoisotopic (exact) mass is 181 g/mol. The molecule has 1 atom stereocenters. The summed E-state index contributed by atoms with van der Waals surface area (Å²) in [5.41, 5.74) is 0.712. The minimum atomic E-state index is 0.260. The van der Waals surface area contributed by atoms with Gasteiger partial charge >= 0.3 is 0 Å². The van der Waals surface area contributed by atoms with Crippen LogP contribution in [0.3, 0.4) is 0 Å². The lowest BCUT2D eigenvalue weighted by molar-refractivity contribution is -0.122. The van der Waals surface area contributed by atoms with Gasteiger partial charge < -0.3 is 5.32 Å². The van der Waals surface area contributed by atoms with Crippen LogP contribution in [0.15, 0.2) is 0 Å². The molecule has 0 aromatic carbocycles. The van der Waals surface area contributed by atoms with E-state index in [0.717, 1.165) is 12.8 Å². The molecule has 0 spiro atoms. The standard InChI is InChI=1S/C11H19NO/c1-10(2)6-8(10)12-9(13)7-11(3)4-5-11/h8H,4-7H2,1-3H3,(H,12,13). The first-order chi connectivity index (χ1) is 5.91. The van der Waals surface area contributed by atoms with E-state index in [0.29, 0.717) is 16.9 Å². The highest BCUT2D eigenvalue weighted by atomic mass is 16.1. The second kappa shape index (κ2) is 2.49. The zero-order chi connectivity index (χ0) is 9.69. The Balaban J connectivity index is 1.74. The van der Waals surface area contributed by atoms with Crippen molar-refractivity contribution < 1.29 is 4.79 Å². The van der Waals surface area contributed by atoms with E-state index in [1.54, 1.807) is 0 Å². The summed E-state index contributed by atoms with van der Waals surface area (Å²) >= 11 is 0. The molecule has 0 radical (unpaired) electrons. The van der Waals surface area contributed by atoms with Crippen molar-refractivity contribution in [2.75, 3.05) is 0 Å². The Labute approximate surface area is 80.1 Å². The molecule has 0 aromatic rings. The van der Waals surface area contributed by atoms with E-state index < -0.39 is 0 Å². The van der Waals surface area contributed by atoms with E-state index in [-0.39, 0.29) is 5.91 Å². The largest absolute Gasteiger partial charge is 0.353 e. The topological polar surface area (TPSA) is 29.1 Å². The van der Waals surface area contributed by atoms with Crippen molar-refractivity contribution in [3.05, 3.63) is 0 Å². The van der Waals surface area contributed by atoms with E-state index >= 15 is 0 Å².